The zero-order valence-electron chi connectivity index (χ0n) is 15.7. The second-order valence-corrected chi connectivity index (χ2v) is 7.36. The number of phenolic OH excluding ortho intramolecular Hbond substituents is 1. The first-order valence-corrected chi connectivity index (χ1v) is 10.1. The zero-order chi connectivity index (χ0) is 19.1. The van der Waals surface area contributed by atoms with Gasteiger partial charge in [0.25, 0.3) is 0 Å². The SMILES string of the molecule is CNCCOc1nc(CN=Cc2cc(C)ccc2O)cc(N2CCSC2)n1. The van der Waals surface area contributed by atoms with Crippen LogP contribution in [0.4, 0.5) is 5.82 Å². The molecule has 1 fully saturated rings. The summed E-state index contributed by atoms with van der Waals surface area (Å²) in [5, 5.41) is 13.0. The Morgan fingerprint density at radius 2 is 2.26 bits per heavy atom. The summed E-state index contributed by atoms with van der Waals surface area (Å²) >= 11 is 1.89. The van der Waals surface area contributed by atoms with E-state index in [-0.39, 0.29) is 5.75 Å². The van der Waals surface area contributed by atoms with E-state index in [1.165, 1.54) is 0 Å². The number of hydrogen-bond donors (Lipinski definition) is 2. The van der Waals surface area contributed by atoms with Gasteiger partial charge in [0.1, 0.15) is 18.2 Å². The van der Waals surface area contributed by atoms with Crippen LogP contribution in [-0.2, 0) is 6.54 Å². The predicted octanol–water partition coefficient (Wildman–Crippen LogP) is 2.22. The number of thioether (sulfide) groups is 1. The quantitative estimate of drug-likeness (QED) is 0.531. The van der Waals surface area contributed by atoms with Crippen molar-refractivity contribution in [2.75, 3.05) is 43.3 Å². The number of aromatic nitrogens is 2. The van der Waals surface area contributed by atoms with Gasteiger partial charge in [-0.05, 0) is 26.1 Å². The molecule has 0 aliphatic carbocycles. The van der Waals surface area contributed by atoms with E-state index >= 15 is 0 Å². The van der Waals surface area contributed by atoms with Crippen molar-refractivity contribution < 1.29 is 9.84 Å². The highest BCUT2D eigenvalue weighted by Crippen LogP contribution is 2.23. The molecule has 0 radical (unpaired) electrons. The number of nitrogens with one attached hydrogen (secondary N) is 1. The molecule has 2 aromatic rings. The number of hydrogen-bond acceptors (Lipinski definition) is 8. The van der Waals surface area contributed by atoms with E-state index in [2.05, 4.69) is 25.2 Å². The van der Waals surface area contributed by atoms with Crippen LogP contribution in [0.3, 0.4) is 0 Å². The fraction of sp³-hybridized carbons (Fsp3) is 0.421. The molecule has 0 atom stereocenters. The van der Waals surface area contributed by atoms with Crippen molar-refractivity contribution in [3.63, 3.8) is 0 Å². The van der Waals surface area contributed by atoms with Crippen LogP contribution in [0.25, 0.3) is 0 Å². The molecule has 2 heterocycles. The maximum absolute atomic E-state index is 9.93. The minimum atomic E-state index is 0.220. The summed E-state index contributed by atoms with van der Waals surface area (Å²) in [5.41, 5.74) is 2.57. The smallest absolute Gasteiger partial charge is 0.318 e. The van der Waals surface area contributed by atoms with E-state index < -0.39 is 0 Å². The van der Waals surface area contributed by atoms with E-state index in [4.69, 9.17) is 4.74 Å². The van der Waals surface area contributed by atoms with E-state index in [1.807, 2.05) is 43.9 Å². The lowest BCUT2D eigenvalue weighted by Crippen LogP contribution is -2.21. The van der Waals surface area contributed by atoms with Gasteiger partial charge in [-0.1, -0.05) is 11.6 Å². The second kappa shape index (κ2) is 9.57. The molecule has 1 aliphatic heterocycles. The summed E-state index contributed by atoms with van der Waals surface area (Å²) in [7, 11) is 1.88. The molecule has 2 N–H and O–H groups in total. The third-order valence-electron chi connectivity index (χ3n) is 4.07. The van der Waals surface area contributed by atoms with Crippen molar-refractivity contribution in [2.24, 2.45) is 4.99 Å². The van der Waals surface area contributed by atoms with Crippen LogP contribution in [-0.4, -0.2) is 59.7 Å². The number of likely N-dealkylation sites (N-methyl/N-ethyl adjacent to an activating group) is 1. The minimum Gasteiger partial charge on any atom is -0.507 e. The summed E-state index contributed by atoms with van der Waals surface area (Å²) in [5.74, 6) is 3.11. The Kier molecular flexibility index (Phi) is 6.89. The number of phenols is 1. The average molecular weight is 388 g/mol. The monoisotopic (exact) mass is 387 g/mol. The lowest BCUT2D eigenvalue weighted by molar-refractivity contribution is 0.293. The van der Waals surface area contributed by atoms with Gasteiger partial charge in [-0.3, -0.25) is 4.99 Å². The third kappa shape index (κ3) is 5.58. The highest BCUT2D eigenvalue weighted by atomic mass is 32.2. The van der Waals surface area contributed by atoms with Gasteiger partial charge in [0.05, 0.1) is 18.1 Å². The first-order chi connectivity index (χ1) is 13.2. The van der Waals surface area contributed by atoms with Crippen molar-refractivity contribution in [2.45, 2.75) is 13.5 Å². The lowest BCUT2D eigenvalue weighted by atomic mass is 10.1. The van der Waals surface area contributed by atoms with Crippen molar-refractivity contribution in [1.29, 1.82) is 0 Å². The summed E-state index contributed by atoms with van der Waals surface area (Å²) in [4.78, 5) is 15.7. The molecule has 8 heteroatoms. The molecular formula is C19H25N5O2S. The highest BCUT2D eigenvalue weighted by molar-refractivity contribution is 7.99. The first-order valence-electron chi connectivity index (χ1n) is 8.93. The van der Waals surface area contributed by atoms with Crippen molar-refractivity contribution in [3.05, 3.63) is 41.1 Å². The zero-order valence-corrected chi connectivity index (χ0v) is 16.5. The number of aliphatic imine (C=N–C) groups is 1. The maximum Gasteiger partial charge on any atom is 0.318 e. The number of nitrogens with zero attached hydrogens (tertiary/aromatic N) is 4. The Morgan fingerprint density at radius 3 is 3.04 bits per heavy atom. The number of aromatic hydroxyl groups is 1. The normalized spacial score (nSPS) is 14.2. The number of anilines is 1. The largest absolute Gasteiger partial charge is 0.507 e. The Morgan fingerprint density at radius 1 is 1.37 bits per heavy atom. The fourth-order valence-corrected chi connectivity index (χ4v) is 3.58. The van der Waals surface area contributed by atoms with Gasteiger partial charge < -0.3 is 20.1 Å². The van der Waals surface area contributed by atoms with E-state index in [9.17, 15) is 5.11 Å². The van der Waals surface area contributed by atoms with Crippen LogP contribution in [0.15, 0.2) is 29.3 Å². The number of aryl methyl sites for hydroxylation is 1. The van der Waals surface area contributed by atoms with Crippen LogP contribution in [0, 0.1) is 6.92 Å². The van der Waals surface area contributed by atoms with Gasteiger partial charge >= 0.3 is 6.01 Å². The molecule has 1 aliphatic rings. The third-order valence-corrected chi connectivity index (χ3v) is 5.04. The van der Waals surface area contributed by atoms with Crippen LogP contribution < -0.4 is 15.0 Å². The van der Waals surface area contributed by atoms with Gasteiger partial charge in [0.15, 0.2) is 0 Å². The minimum absolute atomic E-state index is 0.220. The Balaban J connectivity index is 1.76. The fourth-order valence-electron chi connectivity index (χ4n) is 2.62. The number of benzene rings is 1. The summed E-state index contributed by atoms with van der Waals surface area (Å²) in [6, 6.07) is 7.79. The molecule has 0 saturated carbocycles. The number of ether oxygens (including phenoxy) is 1. The highest BCUT2D eigenvalue weighted by Gasteiger charge is 2.16. The molecule has 7 nitrogen and oxygen atoms in total. The summed E-state index contributed by atoms with van der Waals surface area (Å²) < 4.78 is 5.68. The molecule has 144 valence electrons. The molecule has 1 aromatic carbocycles. The van der Waals surface area contributed by atoms with E-state index in [0.717, 1.165) is 41.8 Å². The van der Waals surface area contributed by atoms with Crippen LogP contribution in [0.2, 0.25) is 0 Å². The van der Waals surface area contributed by atoms with E-state index in [0.29, 0.717) is 24.7 Å². The number of rotatable bonds is 8. The summed E-state index contributed by atoms with van der Waals surface area (Å²) in [6.45, 7) is 4.59. The molecule has 0 bridgehead atoms. The van der Waals surface area contributed by atoms with Crippen molar-refractivity contribution in [3.8, 4) is 11.8 Å². The molecule has 0 amide bonds. The van der Waals surface area contributed by atoms with Gasteiger partial charge in [-0.2, -0.15) is 9.97 Å². The second-order valence-electron chi connectivity index (χ2n) is 6.28. The molecule has 27 heavy (non-hydrogen) atoms. The molecule has 1 aromatic heterocycles. The molecule has 1 saturated heterocycles. The molecule has 3 rings (SSSR count). The van der Waals surface area contributed by atoms with Gasteiger partial charge in [0.2, 0.25) is 0 Å². The van der Waals surface area contributed by atoms with Crippen LogP contribution in [0.5, 0.6) is 11.8 Å². The lowest BCUT2D eigenvalue weighted by Gasteiger charge is -2.17. The van der Waals surface area contributed by atoms with Crippen molar-refractivity contribution >= 4 is 23.8 Å². The van der Waals surface area contributed by atoms with Gasteiger partial charge in [-0.25, -0.2) is 0 Å². The topological polar surface area (TPSA) is 82.9 Å². The van der Waals surface area contributed by atoms with Gasteiger partial charge in [0, 0.05) is 36.7 Å². The first kappa shape index (κ1) is 19.4. The van der Waals surface area contributed by atoms with Crippen LogP contribution >= 0.6 is 11.8 Å². The molecule has 0 unspecified atom stereocenters. The van der Waals surface area contributed by atoms with Crippen LogP contribution in [0.1, 0.15) is 16.8 Å². The van der Waals surface area contributed by atoms with Crippen molar-refractivity contribution in [1.82, 2.24) is 15.3 Å². The Bertz CT molecular complexity index is 794. The molecular weight excluding hydrogens is 362 g/mol. The van der Waals surface area contributed by atoms with E-state index in [1.54, 1.807) is 12.3 Å². The standard InChI is InChI=1S/C19H25N5O2S/c1-14-3-4-17(25)15(9-14)11-21-12-16-10-18(24-6-8-27-13-24)23-19(22-16)26-7-5-20-2/h3-4,9-11,20,25H,5-8,12-13H2,1-2H3. The summed E-state index contributed by atoms with van der Waals surface area (Å²) in [6.07, 6.45) is 1.68. The Hall–Kier alpha value is -2.32. The maximum atomic E-state index is 9.93. The average Bonchev–Trinajstić information content (AvgIpc) is 3.19. The Labute approximate surface area is 163 Å². The predicted molar refractivity (Wildman–Crippen MR) is 110 cm³/mol. The molecule has 0 spiro atoms. The van der Waals surface area contributed by atoms with Gasteiger partial charge in [-0.15, -0.1) is 11.8 Å².